The molecule has 8 heteroatoms. The molecule has 0 aliphatic heterocycles. The summed E-state index contributed by atoms with van der Waals surface area (Å²) in [5.41, 5.74) is 16.8. The van der Waals surface area contributed by atoms with Gasteiger partial charge in [0, 0.05) is 12.1 Å². The third-order valence-corrected chi connectivity index (χ3v) is 1.87. The number of aryl methyl sites for hydroxylation is 1. The second-order valence-electron chi connectivity index (χ2n) is 3.23. The number of benzene rings is 1. The molecule has 0 heterocycles. The molecule has 0 saturated carbocycles. The maximum absolute atomic E-state index is 10.5. The summed E-state index contributed by atoms with van der Waals surface area (Å²) in [7, 11) is 0. The fourth-order valence-corrected chi connectivity index (χ4v) is 1.16. The van der Waals surface area contributed by atoms with E-state index in [-0.39, 0.29) is 17.6 Å². The highest BCUT2D eigenvalue weighted by atomic mass is 16.6. The SMILES string of the molecule is Cc1cc([N+](=O)[O-])ccc1N=C(N)N=C(N)N. The van der Waals surface area contributed by atoms with E-state index < -0.39 is 4.92 Å². The number of hydrogen-bond acceptors (Lipinski definition) is 3. The van der Waals surface area contributed by atoms with Crippen molar-refractivity contribution < 1.29 is 4.92 Å². The Hall–Kier alpha value is -2.64. The molecule has 1 aromatic rings. The Morgan fingerprint density at radius 3 is 2.47 bits per heavy atom. The number of guanidine groups is 2. The summed E-state index contributed by atoms with van der Waals surface area (Å²) in [5.74, 6) is -0.312. The van der Waals surface area contributed by atoms with Gasteiger partial charge in [-0.2, -0.15) is 4.99 Å². The molecule has 0 fully saturated rings. The Kier molecular flexibility index (Phi) is 3.60. The van der Waals surface area contributed by atoms with Crippen molar-refractivity contribution in [1.82, 2.24) is 0 Å². The van der Waals surface area contributed by atoms with Crippen LogP contribution in [0, 0.1) is 17.0 Å². The van der Waals surface area contributed by atoms with Crippen molar-refractivity contribution in [3.05, 3.63) is 33.9 Å². The first-order valence-electron chi connectivity index (χ1n) is 4.59. The van der Waals surface area contributed by atoms with E-state index >= 15 is 0 Å². The third kappa shape index (κ3) is 3.45. The summed E-state index contributed by atoms with van der Waals surface area (Å²) in [5, 5.41) is 10.5. The van der Waals surface area contributed by atoms with Crippen LogP contribution in [0.2, 0.25) is 0 Å². The van der Waals surface area contributed by atoms with E-state index in [0.29, 0.717) is 11.3 Å². The van der Waals surface area contributed by atoms with Gasteiger partial charge in [0.05, 0.1) is 10.6 Å². The fraction of sp³-hybridized carbons (Fsp3) is 0.111. The standard InChI is InChI=1S/C9H12N6O2/c1-5-4-6(15(16)17)2-3-7(5)13-9(12)14-8(10)11/h2-4H,1H3,(H6,10,11,12,13,14). The minimum Gasteiger partial charge on any atom is -0.370 e. The van der Waals surface area contributed by atoms with E-state index in [0.717, 1.165) is 0 Å². The summed E-state index contributed by atoms with van der Waals surface area (Å²) in [6.45, 7) is 1.68. The minimum atomic E-state index is -0.486. The van der Waals surface area contributed by atoms with Crippen LogP contribution >= 0.6 is 0 Å². The lowest BCUT2D eigenvalue weighted by atomic mass is 10.2. The van der Waals surface area contributed by atoms with E-state index in [9.17, 15) is 10.1 Å². The van der Waals surface area contributed by atoms with Gasteiger partial charge < -0.3 is 17.2 Å². The number of nitrogens with zero attached hydrogens (tertiary/aromatic N) is 3. The Morgan fingerprint density at radius 1 is 1.35 bits per heavy atom. The average Bonchev–Trinajstić information content (AvgIpc) is 2.19. The van der Waals surface area contributed by atoms with Crippen LogP contribution in [0.15, 0.2) is 28.2 Å². The molecule has 1 aromatic carbocycles. The van der Waals surface area contributed by atoms with Gasteiger partial charge >= 0.3 is 0 Å². The molecule has 8 nitrogen and oxygen atoms in total. The Morgan fingerprint density at radius 2 is 2.00 bits per heavy atom. The van der Waals surface area contributed by atoms with Gasteiger partial charge in [-0.25, -0.2) is 4.99 Å². The quantitative estimate of drug-likeness (QED) is 0.289. The monoisotopic (exact) mass is 236 g/mol. The van der Waals surface area contributed by atoms with Gasteiger partial charge in [0.1, 0.15) is 0 Å². The van der Waals surface area contributed by atoms with Crippen molar-refractivity contribution in [2.75, 3.05) is 0 Å². The van der Waals surface area contributed by atoms with E-state index in [1.54, 1.807) is 6.92 Å². The molecular weight excluding hydrogens is 224 g/mol. The van der Waals surface area contributed by atoms with Gasteiger partial charge in [-0.1, -0.05) is 0 Å². The molecule has 0 radical (unpaired) electrons. The number of non-ortho nitro benzene ring substituents is 1. The molecule has 0 saturated heterocycles. The van der Waals surface area contributed by atoms with Crippen molar-refractivity contribution in [2.24, 2.45) is 27.2 Å². The second kappa shape index (κ2) is 4.92. The molecule has 1 rings (SSSR count). The predicted octanol–water partition coefficient (Wildman–Crippen LogP) is 0.123. The second-order valence-corrected chi connectivity index (χ2v) is 3.23. The lowest BCUT2D eigenvalue weighted by Crippen LogP contribution is -2.26. The van der Waals surface area contributed by atoms with Crippen LogP contribution in [0.5, 0.6) is 0 Å². The maximum Gasteiger partial charge on any atom is 0.269 e. The van der Waals surface area contributed by atoms with Crippen LogP contribution in [0.1, 0.15) is 5.56 Å². The highest BCUT2D eigenvalue weighted by Crippen LogP contribution is 2.23. The molecule has 0 spiro atoms. The number of aliphatic imine (C=N–C) groups is 2. The largest absolute Gasteiger partial charge is 0.370 e. The Labute approximate surface area is 97.0 Å². The van der Waals surface area contributed by atoms with E-state index in [2.05, 4.69) is 9.98 Å². The molecule has 90 valence electrons. The summed E-state index contributed by atoms with van der Waals surface area (Å²) in [4.78, 5) is 17.5. The van der Waals surface area contributed by atoms with Crippen molar-refractivity contribution in [2.45, 2.75) is 6.92 Å². The molecule has 0 aliphatic carbocycles. The zero-order chi connectivity index (χ0) is 13.0. The molecular formula is C9H12N6O2. The fourth-order valence-electron chi connectivity index (χ4n) is 1.16. The topological polar surface area (TPSA) is 146 Å². The van der Waals surface area contributed by atoms with Gasteiger partial charge in [-0.15, -0.1) is 0 Å². The lowest BCUT2D eigenvalue weighted by Gasteiger charge is -2.00. The van der Waals surface area contributed by atoms with Gasteiger partial charge in [0.25, 0.3) is 5.69 Å². The van der Waals surface area contributed by atoms with Crippen LogP contribution in [-0.4, -0.2) is 16.8 Å². The van der Waals surface area contributed by atoms with E-state index in [1.807, 2.05) is 0 Å². The molecule has 0 atom stereocenters. The van der Waals surface area contributed by atoms with Gasteiger partial charge in [-0.05, 0) is 18.6 Å². The van der Waals surface area contributed by atoms with Gasteiger partial charge in [0.15, 0.2) is 5.96 Å². The van der Waals surface area contributed by atoms with Crippen LogP contribution < -0.4 is 17.2 Å². The average molecular weight is 236 g/mol. The third-order valence-electron chi connectivity index (χ3n) is 1.87. The van der Waals surface area contributed by atoms with E-state index in [4.69, 9.17) is 17.2 Å². The van der Waals surface area contributed by atoms with Crippen molar-refractivity contribution in [3.63, 3.8) is 0 Å². The van der Waals surface area contributed by atoms with Crippen LogP contribution in [0.25, 0.3) is 0 Å². The highest BCUT2D eigenvalue weighted by Gasteiger charge is 2.07. The first-order chi connectivity index (χ1) is 7.90. The first-order valence-corrected chi connectivity index (χ1v) is 4.59. The maximum atomic E-state index is 10.5. The normalized spacial score (nSPS) is 11.0. The Balaban J connectivity index is 3.09. The number of nitrogens with two attached hydrogens (primary N) is 3. The smallest absolute Gasteiger partial charge is 0.269 e. The highest BCUT2D eigenvalue weighted by molar-refractivity contribution is 5.93. The molecule has 0 amide bonds. The van der Waals surface area contributed by atoms with Crippen molar-refractivity contribution >= 4 is 23.3 Å². The molecule has 0 aromatic heterocycles. The summed E-state index contributed by atoms with van der Waals surface area (Å²) >= 11 is 0. The summed E-state index contributed by atoms with van der Waals surface area (Å²) in [6, 6.07) is 4.19. The predicted molar refractivity (Wildman–Crippen MR) is 64.9 cm³/mol. The van der Waals surface area contributed by atoms with Crippen LogP contribution in [0.4, 0.5) is 11.4 Å². The number of nitro groups is 1. The number of hydrogen-bond donors (Lipinski definition) is 3. The lowest BCUT2D eigenvalue weighted by molar-refractivity contribution is -0.384. The first kappa shape index (κ1) is 12.4. The Bertz CT molecular complexity index is 504. The van der Waals surface area contributed by atoms with Crippen LogP contribution in [0.3, 0.4) is 0 Å². The zero-order valence-corrected chi connectivity index (χ0v) is 9.12. The minimum absolute atomic E-state index is 0.0122. The van der Waals surface area contributed by atoms with Crippen molar-refractivity contribution in [1.29, 1.82) is 0 Å². The van der Waals surface area contributed by atoms with E-state index in [1.165, 1.54) is 18.2 Å². The molecule has 17 heavy (non-hydrogen) atoms. The molecule has 6 N–H and O–H groups in total. The molecule has 0 aliphatic rings. The summed E-state index contributed by atoms with van der Waals surface area (Å²) < 4.78 is 0. The van der Waals surface area contributed by atoms with Gasteiger partial charge in [-0.3, -0.25) is 10.1 Å². The van der Waals surface area contributed by atoms with Crippen molar-refractivity contribution in [3.8, 4) is 0 Å². The van der Waals surface area contributed by atoms with Gasteiger partial charge in [0.2, 0.25) is 5.96 Å². The molecule has 0 bridgehead atoms. The number of rotatable bonds is 2. The molecule has 0 unspecified atom stereocenters. The van der Waals surface area contributed by atoms with Crippen LogP contribution in [-0.2, 0) is 0 Å². The summed E-state index contributed by atoms with van der Waals surface area (Å²) in [6.07, 6.45) is 0. The zero-order valence-electron chi connectivity index (χ0n) is 9.12. The number of nitro benzene ring substituents is 1.